The van der Waals surface area contributed by atoms with Crippen LogP contribution in [0.4, 0.5) is 0 Å². The number of fused-ring (bicyclic) bond motifs is 2. The Labute approximate surface area is 345 Å². The third-order valence-electron chi connectivity index (χ3n) is 10.1. The van der Waals surface area contributed by atoms with Crippen LogP contribution < -0.4 is 18.9 Å². The number of para-hydroxylation sites is 2. The highest BCUT2D eigenvalue weighted by Crippen LogP contribution is 2.44. The Balaban J connectivity index is 1.40. The average molecular weight is 791 g/mol. The maximum absolute atomic E-state index is 13.1. The molecule has 0 N–H and O–H groups in total. The fourth-order valence-electron chi connectivity index (χ4n) is 6.92. The molecule has 0 fully saturated rings. The van der Waals surface area contributed by atoms with Crippen molar-refractivity contribution in [3.63, 3.8) is 0 Å². The topological polar surface area (TPSA) is 89.5 Å². The number of carbonyl (C=O) groups is 2. The van der Waals surface area contributed by atoms with Gasteiger partial charge in [-0.15, -0.1) is 0 Å². The van der Waals surface area contributed by atoms with Crippen LogP contribution in [0.15, 0.2) is 97.1 Å². The summed E-state index contributed by atoms with van der Waals surface area (Å²) < 4.78 is 37.6. The molecule has 58 heavy (non-hydrogen) atoms. The molecule has 8 heteroatoms. The summed E-state index contributed by atoms with van der Waals surface area (Å²) in [5, 5.41) is 3.42. The van der Waals surface area contributed by atoms with Gasteiger partial charge in [-0.25, -0.2) is 0 Å². The molecule has 5 aromatic carbocycles. The van der Waals surface area contributed by atoms with Crippen LogP contribution in [0.1, 0.15) is 102 Å². The molecular formula is C50H62O8. The van der Waals surface area contributed by atoms with E-state index in [0.717, 1.165) is 96.9 Å². The van der Waals surface area contributed by atoms with E-state index in [1.807, 2.05) is 98.8 Å². The summed E-state index contributed by atoms with van der Waals surface area (Å²) in [7, 11) is 0. The third kappa shape index (κ3) is 14.0. The lowest BCUT2D eigenvalue weighted by Gasteiger charge is -2.23. The van der Waals surface area contributed by atoms with Gasteiger partial charge in [0.2, 0.25) is 0 Å². The first-order valence-corrected chi connectivity index (χ1v) is 21.3. The summed E-state index contributed by atoms with van der Waals surface area (Å²) >= 11 is 0. The van der Waals surface area contributed by atoms with E-state index >= 15 is 0 Å². The Bertz CT molecular complexity index is 1850. The van der Waals surface area contributed by atoms with Crippen molar-refractivity contribution in [1.82, 2.24) is 0 Å². The zero-order valence-electron chi connectivity index (χ0n) is 35.0. The van der Waals surface area contributed by atoms with E-state index in [-0.39, 0.29) is 38.4 Å². The second-order valence-corrected chi connectivity index (χ2v) is 15.2. The molecule has 8 nitrogen and oxygen atoms in total. The van der Waals surface area contributed by atoms with E-state index in [0.29, 0.717) is 35.8 Å². The molecule has 2 atom stereocenters. The molecule has 0 heterocycles. The molecule has 0 amide bonds. The molecule has 0 aromatic heterocycles. The van der Waals surface area contributed by atoms with Crippen molar-refractivity contribution in [2.75, 3.05) is 26.4 Å². The number of benzene rings is 5. The summed E-state index contributed by atoms with van der Waals surface area (Å²) in [5.74, 6) is 2.21. The van der Waals surface area contributed by atoms with E-state index in [9.17, 15) is 9.59 Å². The number of hydrogen-bond donors (Lipinski definition) is 0. The van der Waals surface area contributed by atoms with Gasteiger partial charge in [0.25, 0.3) is 0 Å². The minimum atomic E-state index is -0.647. The first-order chi connectivity index (χ1) is 28.3. The molecular weight excluding hydrogens is 729 g/mol. The lowest BCUT2D eigenvalue weighted by molar-refractivity contribution is -0.153. The Hall–Kier alpha value is -5.24. The first kappa shape index (κ1) is 43.9. The van der Waals surface area contributed by atoms with Crippen molar-refractivity contribution >= 4 is 33.5 Å². The minimum Gasteiger partial charge on any atom is -0.490 e. The zero-order chi connectivity index (χ0) is 41.0. The van der Waals surface area contributed by atoms with Crippen LogP contribution in [0, 0.1) is 13.8 Å². The highest BCUT2D eigenvalue weighted by molar-refractivity contribution is 6.11. The normalized spacial score (nSPS) is 12.2. The number of ether oxygens (including phenoxy) is 6. The first-order valence-electron chi connectivity index (χ1n) is 21.3. The maximum Gasteiger partial charge on any atom is 0.306 e. The van der Waals surface area contributed by atoms with E-state index in [1.54, 1.807) is 0 Å². The molecule has 310 valence electrons. The highest BCUT2D eigenvalue weighted by Gasteiger charge is 2.23. The van der Waals surface area contributed by atoms with Crippen LogP contribution in [0.5, 0.6) is 23.0 Å². The Morgan fingerprint density at radius 2 is 0.828 bits per heavy atom. The molecule has 5 aromatic rings. The maximum atomic E-state index is 13.1. The molecule has 0 bridgehead atoms. The summed E-state index contributed by atoms with van der Waals surface area (Å²) in [4.78, 5) is 26.2. The molecule has 0 radical (unpaired) electrons. The predicted octanol–water partition coefficient (Wildman–Crippen LogP) is 12.1. The van der Waals surface area contributed by atoms with Crippen molar-refractivity contribution in [3.05, 3.63) is 108 Å². The van der Waals surface area contributed by atoms with E-state index in [4.69, 9.17) is 28.4 Å². The lowest BCUT2D eigenvalue weighted by atomic mass is 9.97. The van der Waals surface area contributed by atoms with Gasteiger partial charge in [-0.3, -0.25) is 9.59 Å². The van der Waals surface area contributed by atoms with E-state index in [2.05, 4.69) is 26.0 Å². The van der Waals surface area contributed by atoms with Gasteiger partial charge in [0.1, 0.15) is 49.4 Å². The number of carbonyl (C=O) groups excluding carboxylic acids is 2. The SMILES string of the molecule is CCCCCCCC(=O)OC(COc1ccccc1)COc1c2ccc(C)cc2c(OCC(COc2ccccc2)OC(=O)CCCCCCC)c2ccc(C)cc12. The summed E-state index contributed by atoms with van der Waals surface area (Å²) in [6.45, 7) is 8.91. The van der Waals surface area contributed by atoms with Crippen molar-refractivity contribution in [2.45, 2.75) is 117 Å². The molecule has 0 spiro atoms. The Kier molecular flexibility index (Phi) is 18.1. The Morgan fingerprint density at radius 3 is 1.22 bits per heavy atom. The molecule has 5 rings (SSSR count). The van der Waals surface area contributed by atoms with Gasteiger partial charge >= 0.3 is 11.9 Å². The van der Waals surface area contributed by atoms with Crippen molar-refractivity contribution in [2.24, 2.45) is 0 Å². The lowest BCUT2D eigenvalue weighted by Crippen LogP contribution is -2.31. The predicted molar refractivity (Wildman–Crippen MR) is 232 cm³/mol. The van der Waals surface area contributed by atoms with Gasteiger partial charge in [0, 0.05) is 34.4 Å². The van der Waals surface area contributed by atoms with Crippen LogP contribution in [0.25, 0.3) is 21.5 Å². The molecule has 0 aliphatic rings. The van der Waals surface area contributed by atoms with Gasteiger partial charge in [-0.1, -0.05) is 137 Å². The number of unbranched alkanes of at least 4 members (excludes halogenated alkanes) is 8. The van der Waals surface area contributed by atoms with E-state index < -0.39 is 12.2 Å². The quantitative estimate of drug-likeness (QED) is 0.0311. The largest absolute Gasteiger partial charge is 0.490 e. The smallest absolute Gasteiger partial charge is 0.306 e. The zero-order valence-corrected chi connectivity index (χ0v) is 35.0. The summed E-state index contributed by atoms with van der Waals surface area (Å²) in [5.41, 5.74) is 2.10. The van der Waals surface area contributed by atoms with E-state index in [1.165, 1.54) is 0 Å². The molecule has 2 unspecified atom stereocenters. The summed E-state index contributed by atoms with van der Waals surface area (Å²) in [6.07, 6.45) is 9.84. The van der Waals surface area contributed by atoms with Gasteiger partial charge in [0.05, 0.1) is 0 Å². The van der Waals surface area contributed by atoms with Gasteiger partial charge in [-0.05, 0) is 63.1 Å². The highest BCUT2D eigenvalue weighted by atomic mass is 16.6. The standard InChI is InChI=1S/C50H62O8/c1-5-7-9-11-19-25-47(51)57-41(33-53-39-21-15-13-16-22-39)35-55-49-43-29-27-38(4)32-46(43)50(44-30-28-37(3)31-45(44)49)56-36-42(34-54-40-23-17-14-18-24-40)58-48(52)26-20-12-10-8-6-2/h13-18,21-24,27-32,41-42H,5-12,19-20,25-26,33-36H2,1-4H3. The van der Waals surface area contributed by atoms with Gasteiger partial charge in [0.15, 0.2) is 12.2 Å². The van der Waals surface area contributed by atoms with Crippen LogP contribution in [-0.4, -0.2) is 50.6 Å². The minimum absolute atomic E-state index is 0.0912. The average Bonchev–Trinajstić information content (AvgIpc) is 3.23. The van der Waals surface area contributed by atoms with Gasteiger partial charge < -0.3 is 28.4 Å². The number of aryl methyl sites for hydroxylation is 2. The molecule has 0 aliphatic heterocycles. The van der Waals surface area contributed by atoms with Crippen molar-refractivity contribution in [3.8, 4) is 23.0 Å². The summed E-state index contributed by atoms with van der Waals surface area (Å²) in [6, 6.07) is 31.4. The van der Waals surface area contributed by atoms with Crippen LogP contribution in [0.2, 0.25) is 0 Å². The Morgan fingerprint density at radius 1 is 0.448 bits per heavy atom. The van der Waals surface area contributed by atoms with Crippen LogP contribution in [-0.2, 0) is 19.1 Å². The fourth-order valence-corrected chi connectivity index (χ4v) is 6.92. The van der Waals surface area contributed by atoms with Crippen LogP contribution in [0.3, 0.4) is 0 Å². The fraction of sp³-hybridized carbons (Fsp3) is 0.440. The van der Waals surface area contributed by atoms with Gasteiger partial charge in [-0.2, -0.15) is 0 Å². The molecule has 0 saturated carbocycles. The molecule has 0 aliphatic carbocycles. The second kappa shape index (κ2) is 23.9. The number of esters is 2. The van der Waals surface area contributed by atoms with Crippen molar-refractivity contribution in [1.29, 1.82) is 0 Å². The third-order valence-corrected chi connectivity index (χ3v) is 10.1. The molecule has 0 saturated heterocycles. The monoisotopic (exact) mass is 790 g/mol. The number of rotatable bonds is 26. The van der Waals surface area contributed by atoms with Crippen LogP contribution >= 0.6 is 0 Å². The van der Waals surface area contributed by atoms with Crippen molar-refractivity contribution < 1.29 is 38.0 Å². The second-order valence-electron chi connectivity index (χ2n) is 15.2. The number of hydrogen-bond acceptors (Lipinski definition) is 8.